The predicted octanol–water partition coefficient (Wildman–Crippen LogP) is 1.68. The van der Waals surface area contributed by atoms with E-state index in [1.807, 2.05) is 11.0 Å². The summed E-state index contributed by atoms with van der Waals surface area (Å²) in [6, 6.07) is 4.97. The van der Waals surface area contributed by atoms with Crippen molar-refractivity contribution < 1.29 is 13.9 Å². The van der Waals surface area contributed by atoms with Crippen LogP contribution in [0.2, 0.25) is 0 Å². The van der Waals surface area contributed by atoms with E-state index in [4.69, 9.17) is 15.2 Å². The van der Waals surface area contributed by atoms with Crippen LogP contribution < -0.4 is 10.5 Å². The molecule has 2 N–H and O–H groups in total. The van der Waals surface area contributed by atoms with Gasteiger partial charge in [0.1, 0.15) is 0 Å². The quantitative estimate of drug-likeness (QED) is 0.917. The van der Waals surface area contributed by atoms with Crippen LogP contribution in [-0.2, 0) is 4.74 Å². The van der Waals surface area contributed by atoms with Crippen molar-refractivity contribution in [1.82, 2.24) is 4.90 Å². The van der Waals surface area contributed by atoms with Crippen molar-refractivity contribution in [2.75, 3.05) is 26.8 Å². The van der Waals surface area contributed by atoms with E-state index in [1.54, 1.807) is 6.07 Å². The summed E-state index contributed by atoms with van der Waals surface area (Å²) in [6.45, 7) is 2.05. The molecule has 1 fully saturated rings. The number of benzene rings is 1. The topological polar surface area (TPSA) is 60.1 Å². The number of methoxy groups -OCH3 is 1. The molecule has 0 amide bonds. The van der Waals surface area contributed by atoms with Crippen molar-refractivity contribution in [2.24, 2.45) is 10.7 Å². The molecule has 114 valence electrons. The first-order valence-electron chi connectivity index (χ1n) is 7.20. The lowest BCUT2D eigenvalue weighted by Crippen LogP contribution is -2.41. The molecule has 21 heavy (non-hydrogen) atoms. The van der Waals surface area contributed by atoms with Crippen molar-refractivity contribution in [3.8, 4) is 5.75 Å². The lowest BCUT2D eigenvalue weighted by molar-refractivity contribution is 0.0852. The number of rotatable bonds is 4. The van der Waals surface area contributed by atoms with Gasteiger partial charge in [0.2, 0.25) is 0 Å². The van der Waals surface area contributed by atoms with E-state index < -0.39 is 0 Å². The molecule has 2 heterocycles. The third-order valence-electron chi connectivity index (χ3n) is 4.08. The molecule has 6 heteroatoms. The van der Waals surface area contributed by atoms with Crippen LogP contribution in [0.15, 0.2) is 23.2 Å². The largest absolute Gasteiger partial charge is 0.494 e. The maximum atomic E-state index is 13.9. The third kappa shape index (κ3) is 2.81. The summed E-state index contributed by atoms with van der Waals surface area (Å²) in [7, 11) is 1.46. The highest BCUT2D eigenvalue weighted by molar-refractivity contribution is 5.80. The Hall–Kier alpha value is -1.82. The second-order valence-corrected chi connectivity index (χ2v) is 5.40. The van der Waals surface area contributed by atoms with Crippen LogP contribution in [-0.4, -0.2) is 43.8 Å². The molecule has 0 aromatic heterocycles. The van der Waals surface area contributed by atoms with Gasteiger partial charge in [-0.2, -0.15) is 0 Å². The van der Waals surface area contributed by atoms with Gasteiger partial charge in [0.05, 0.1) is 25.8 Å². The minimum Gasteiger partial charge on any atom is -0.494 e. The SMILES string of the molecule is COc1ccc(C2CN=C(N)N2CC2CCCO2)cc1F. The number of nitrogens with two attached hydrogens (primary N) is 1. The van der Waals surface area contributed by atoms with Crippen LogP contribution in [0.4, 0.5) is 4.39 Å². The van der Waals surface area contributed by atoms with Crippen LogP contribution >= 0.6 is 0 Å². The lowest BCUT2D eigenvalue weighted by atomic mass is 10.0. The zero-order chi connectivity index (χ0) is 14.8. The molecular formula is C15H20FN3O2. The highest BCUT2D eigenvalue weighted by Gasteiger charge is 2.31. The second-order valence-electron chi connectivity index (χ2n) is 5.40. The van der Waals surface area contributed by atoms with Gasteiger partial charge in [-0.1, -0.05) is 6.07 Å². The zero-order valence-electron chi connectivity index (χ0n) is 12.1. The maximum absolute atomic E-state index is 13.9. The minimum atomic E-state index is -0.363. The fraction of sp³-hybridized carbons (Fsp3) is 0.533. The summed E-state index contributed by atoms with van der Waals surface area (Å²) in [6.07, 6.45) is 2.30. The van der Waals surface area contributed by atoms with Gasteiger partial charge in [0.25, 0.3) is 0 Å². The average molecular weight is 293 g/mol. The van der Waals surface area contributed by atoms with Gasteiger partial charge in [0.15, 0.2) is 17.5 Å². The molecule has 0 bridgehead atoms. The number of hydrogen-bond acceptors (Lipinski definition) is 5. The molecule has 1 aromatic carbocycles. The van der Waals surface area contributed by atoms with Crippen LogP contribution in [0.25, 0.3) is 0 Å². The highest BCUT2D eigenvalue weighted by atomic mass is 19.1. The zero-order valence-corrected chi connectivity index (χ0v) is 12.1. The Morgan fingerprint density at radius 3 is 3.05 bits per heavy atom. The minimum absolute atomic E-state index is 0.0328. The van der Waals surface area contributed by atoms with E-state index in [2.05, 4.69) is 4.99 Å². The Morgan fingerprint density at radius 1 is 1.52 bits per heavy atom. The number of nitrogens with zero attached hydrogens (tertiary/aromatic N) is 2. The molecule has 0 radical (unpaired) electrons. The van der Waals surface area contributed by atoms with Gasteiger partial charge in [-0.05, 0) is 30.5 Å². The lowest BCUT2D eigenvalue weighted by Gasteiger charge is -2.29. The number of guanidine groups is 1. The molecule has 1 saturated heterocycles. The Morgan fingerprint density at radius 2 is 2.38 bits per heavy atom. The first-order valence-corrected chi connectivity index (χ1v) is 7.20. The van der Waals surface area contributed by atoms with Crippen LogP contribution in [0.3, 0.4) is 0 Å². The van der Waals surface area contributed by atoms with E-state index in [1.165, 1.54) is 13.2 Å². The monoisotopic (exact) mass is 293 g/mol. The van der Waals surface area contributed by atoms with E-state index in [0.717, 1.165) is 25.0 Å². The number of halogens is 1. The van der Waals surface area contributed by atoms with Gasteiger partial charge < -0.3 is 20.1 Å². The third-order valence-corrected chi connectivity index (χ3v) is 4.08. The van der Waals surface area contributed by atoms with Gasteiger partial charge in [-0.15, -0.1) is 0 Å². The number of ether oxygens (including phenoxy) is 2. The fourth-order valence-electron chi connectivity index (χ4n) is 2.93. The molecule has 1 aromatic rings. The molecule has 0 spiro atoms. The first-order chi connectivity index (χ1) is 10.2. The molecular weight excluding hydrogens is 273 g/mol. The summed E-state index contributed by atoms with van der Waals surface area (Å²) in [5.41, 5.74) is 6.84. The molecule has 2 aliphatic heterocycles. The van der Waals surface area contributed by atoms with Crippen LogP contribution in [0.1, 0.15) is 24.4 Å². The molecule has 3 rings (SSSR count). The summed E-state index contributed by atoms with van der Waals surface area (Å²) in [5, 5.41) is 0. The van der Waals surface area contributed by atoms with E-state index in [-0.39, 0.29) is 23.7 Å². The Balaban J connectivity index is 1.78. The van der Waals surface area contributed by atoms with Crippen molar-refractivity contribution in [3.63, 3.8) is 0 Å². The Labute approximate surface area is 123 Å². The number of hydrogen-bond donors (Lipinski definition) is 1. The van der Waals surface area contributed by atoms with Crippen molar-refractivity contribution in [3.05, 3.63) is 29.6 Å². The maximum Gasteiger partial charge on any atom is 0.192 e. The van der Waals surface area contributed by atoms with Gasteiger partial charge in [-0.3, -0.25) is 4.99 Å². The van der Waals surface area contributed by atoms with Crippen LogP contribution in [0, 0.1) is 5.82 Å². The average Bonchev–Trinajstić information content (AvgIpc) is 3.11. The van der Waals surface area contributed by atoms with Gasteiger partial charge in [-0.25, -0.2) is 4.39 Å². The second kappa shape index (κ2) is 5.89. The first kappa shape index (κ1) is 14.1. The summed E-state index contributed by atoms with van der Waals surface area (Å²) < 4.78 is 24.5. The van der Waals surface area contributed by atoms with Gasteiger partial charge in [0, 0.05) is 13.2 Å². The number of aliphatic imine (C=N–C) groups is 1. The van der Waals surface area contributed by atoms with Crippen molar-refractivity contribution in [1.29, 1.82) is 0 Å². The molecule has 5 nitrogen and oxygen atoms in total. The molecule has 2 unspecified atom stereocenters. The summed E-state index contributed by atoms with van der Waals surface area (Å²) in [4.78, 5) is 6.31. The van der Waals surface area contributed by atoms with Gasteiger partial charge >= 0.3 is 0 Å². The summed E-state index contributed by atoms with van der Waals surface area (Å²) in [5.74, 6) is 0.389. The van der Waals surface area contributed by atoms with E-state index in [0.29, 0.717) is 19.0 Å². The van der Waals surface area contributed by atoms with Crippen molar-refractivity contribution in [2.45, 2.75) is 25.0 Å². The predicted molar refractivity (Wildman–Crippen MR) is 77.9 cm³/mol. The molecule has 0 aliphatic carbocycles. The smallest absolute Gasteiger partial charge is 0.192 e. The van der Waals surface area contributed by atoms with Crippen molar-refractivity contribution >= 4 is 5.96 Å². The van der Waals surface area contributed by atoms with E-state index in [9.17, 15) is 4.39 Å². The molecule has 2 aliphatic rings. The normalized spacial score (nSPS) is 25.2. The van der Waals surface area contributed by atoms with E-state index >= 15 is 0 Å². The Kier molecular flexibility index (Phi) is 3.96. The fourth-order valence-corrected chi connectivity index (χ4v) is 2.93. The highest BCUT2D eigenvalue weighted by Crippen LogP contribution is 2.30. The summed E-state index contributed by atoms with van der Waals surface area (Å²) >= 11 is 0. The molecule has 0 saturated carbocycles. The standard InChI is InChI=1S/C15H20FN3O2/c1-20-14-5-4-10(7-12(14)16)13-8-18-15(17)19(13)9-11-3-2-6-21-11/h4-5,7,11,13H,2-3,6,8-9H2,1H3,(H2,17,18). The Bertz CT molecular complexity index is 544. The van der Waals surface area contributed by atoms with Crippen LogP contribution in [0.5, 0.6) is 5.75 Å². The molecule has 2 atom stereocenters.